The van der Waals surface area contributed by atoms with Crippen molar-refractivity contribution in [2.24, 2.45) is 0 Å². The van der Waals surface area contributed by atoms with Crippen LogP contribution in [0.3, 0.4) is 0 Å². The Labute approximate surface area is 216 Å². The Hall–Kier alpha value is -3.62. The number of hydrogen-bond donors (Lipinski definition) is 0. The van der Waals surface area contributed by atoms with Crippen molar-refractivity contribution in [3.8, 4) is 11.5 Å². The molecule has 0 bridgehead atoms. The summed E-state index contributed by atoms with van der Waals surface area (Å²) in [4.78, 5) is 44.5. The molecule has 1 saturated heterocycles. The number of nitrogens with zero attached hydrogens (tertiary/aromatic N) is 3. The van der Waals surface area contributed by atoms with Gasteiger partial charge >= 0.3 is 1.43 Å². The molecule has 8 nitrogen and oxygen atoms in total. The fourth-order valence-electron chi connectivity index (χ4n) is 5.06. The molecule has 1 atom stereocenters. The minimum absolute atomic E-state index is 0. The molecule has 0 saturated carbocycles. The van der Waals surface area contributed by atoms with Crippen LogP contribution in [0.25, 0.3) is 10.8 Å². The Morgan fingerprint density at radius 2 is 1.47 bits per heavy atom. The molecule has 3 aliphatic heterocycles. The van der Waals surface area contributed by atoms with Gasteiger partial charge in [-0.15, -0.1) is 0 Å². The third-order valence-corrected chi connectivity index (χ3v) is 6.96. The van der Waals surface area contributed by atoms with Crippen molar-refractivity contribution in [2.45, 2.75) is 6.10 Å². The van der Waals surface area contributed by atoms with Crippen LogP contribution in [0.2, 0.25) is 0 Å². The molecule has 36 heavy (non-hydrogen) atoms. The number of halogens is 1. The summed E-state index contributed by atoms with van der Waals surface area (Å²) in [5.74, 6) is 0.668. The summed E-state index contributed by atoms with van der Waals surface area (Å²) in [5, 5.41) is 1.64. The van der Waals surface area contributed by atoms with Crippen LogP contribution in [0.4, 0.5) is 0 Å². The number of ether oxygens (including phenoxy) is 2. The fourth-order valence-corrected chi connectivity index (χ4v) is 5.06. The smallest absolute Gasteiger partial charge is 1.00 e. The molecular formula is C27H26ClN3O5. The molecule has 0 aromatic heterocycles. The maximum absolute atomic E-state index is 13.1. The molecule has 9 heteroatoms. The first kappa shape index (κ1) is 24.1. The van der Waals surface area contributed by atoms with E-state index in [1.54, 1.807) is 23.1 Å². The standard InChI is InChI=1S/C27H25N3O5.ClH/c31-25-19-7-3-5-18-6-4-8-20(24(18)19)26(32)30(25)16-13-28-11-14-29(15-12-28)27(33)23-17-34-21-9-1-2-10-22(21)35-23;/h1-10,23H,11-17H2;1H. The van der Waals surface area contributed by atoms with E-state index in [0.29, 0.717) is 61.9 Å². The minimum Gasteiger partial charge on any atom is -1.00 e. The summed E-state index contributed by atoms with van der Waals surface area (Å²) in [7, 11) is 0. The van der Waals surface area contributed by atoms with Gasteiger partial charge in [0, 0.05) is 55.8 Å². The van der Waals surface area contributed by atoms with E-state index in [1.165, 1.54) is 4.90 Å². The number of hydrogen-bond acceptors (Lipinski definition) is 6. The lowest BCUT2D eigenvalue weighted by Gasteiger charge is -2.38. The van der Waals surface area contributed by atoms with E-state index in [0.717, 1.165) is 10.8 Å². The van der Waals surface area contributed by atoms with E-state index < -0.39 is 6.10 Å². The second-order valence-corrected chi connectivity index (χ2v) is 9.00. The van der Waals surface area contributed by atoms with E-state index in [9.17, 15) is 14.4 Å². The van der Waals surface area contributed by atoms with Gasteiger partial charge in [0.2, 0.25) is 6.10 Å². The zero-order chi connectivity index (χ0) is 23.9. The molecule has 0 spiro atoms. The van der Waals surface area contributed by atoms with Crippen molar-refractivity contribution < 1.29 is 37.7 Å². The van der Waals surface area contributed by atoms with Gasteiger partial charge in [-0.1, -0.05) is 36.4 Å². The average molecular weight is 508 g/mol. The van der Waals surface area contributed by atoms with Gasteiger partial charge in [0.15, 0.2) is 11.5 Å². The molecule has 3 aromatic rings. The lowest BCUT2D eigenvalue weighted by Crippen LogP contribution is -3.00. The molecule has 0 aliphatic carbocycles. The summed E-state index contributed by atoms with van der Waals surface area (Å²) in [6.07, 6.45) is -0.650. The van der Waals surface area contributed by atoms with E-state index in [-0.39, 0.29) is 38.2 Å². The van der Waals surface area contributed by atoms with E-state index >= 15 is 0 Å². The zero-order valence-electron chi connectivity index (χ0n) is 20.6. The SMILES string of the molecule is O=C(C1COc2ccccc2O1)N1CCN(CCN2C(=O)c3cccc4cccc(c34)C2=O)CC1.[Cl-].[H+]. The third kappa shape index (κ3) is 4.16. The molecule has 3 aliphatic rings. The van der Waals surface area contributed by atoms with Gasteiger partial charge in [-0.2, -0.15) is 0 Å². The molecule has 3 amide bonds. The lowest BCUT2D eigenvalue weighted by molar-refractivity contribution is -0.143. The zero-order valence-corrected chi connectivity index (χ0v) is 20.3. The van der Waals surface area contributed by atoms with Crippen molar-refractivity contribution in [2.75, 3.05) is 45.9 Å². The number of imide groups is 1. The summed E-state index contributed by atoms with van der Waals surface area (Å²) in [5.41, 5.74) is 1.15. The molecular weight excluding hydrogens is 482 g/mol. The molecule has 1 fully saturated rings. The van der Waals surface area contributed by atoms with Gasteiger partial charge in [0.1, 0.15) is 6.61 Å². The number of carbonyl (C=O) groups is 3. The number of para-hydroxylation sites is 2. The van der Waals surface area contributed by atoms with Gasteiger partial charge in [0.25, 0.3) is 17.7 Å². The Morgan fingerprint density at radius 1 is 0.833 bits per heavy atom. The largest absolute Gasteiger partial charge is 1.00 e. The van der Waals surface area contributed by atoms with Gasteiger partial charge in [-0.3, -0.25) is 24.2 Å². The molecule has 186 valence electrons. The first-order chi connectivity index (χ1) is 17.1. The van der Waals surface area contributed by atoms with Crippen molar-refractivity contribution >= 4 is 28.5 Å². The van der Waals surface area contributed by atoms with Crippen molar-refractivity contribution in [1.82, 2.24) is 14.7 Å². The first-order valence-electron chi connectivity index (χ1n) is 11.9. The first-order valence-corrected chi connectivity index (χ1v) is 11.9. The van der Waals surface area contributed by atoms with Crippen LogP contribution in [0, 0.1) is 0 Å². The fraction of sp³-hybridized carbons (Fsp3) is 0.296. The molecule has 0 radical (unpaired) electrons. The maximum atomic E-state index is 13.1. The number of fused-ring (bicyclic) bond motifs is 1. The van der Waals surface area contributed by atoms with Crippen LogP contribution in [0.5, 0.6) is 11.5 Å². The molecule has 1 unspecified atom stereocenters. The van der Waals surface area contributed by atoms with Crippen LogP contribution in [0.1, 0.15) is 22.1 Å². The van der Waals surface area contributed by atoms with Crippen LogP contribution in [-0.2, 0) is 4.79 Å². The van der Waals surface area contributed by atoms with E-state index in [2.05, 4.69) is 4.90 Å². The normalized spacial score (nSPS) is 19.3. The highest BCUT2D eigenvalue weighted by Gasteiger charge is 2.35. The Balaban J connectivity index is 0.00000160. The summed E-state index contributed by atoms with van der Waals surface area (Å²) in [6.45, 7) is 3.52. The highest BCUT2D eigenvalue weighted by Crippen LogP contribution is 2.32. The monoisotopic (exact) mass is 507 g/mol. The molecule has 6 rings (SSSR count). The van der Waals surface area contributed by atoms with Crippen LogP contribution in [-0.4, -0.2) is 84.4 Å². The average Bonchev–Trinajstić information content (AvgIpc) is 2.91. The molecule has 3 aromatic carbocycles. The Morgan fingerprint density at radius 3 is 2.14 bits per heavy atom. The summed E-state index contributed by atoms with van der Waals surface area (Å²) in [6, 6.07) is 18.5. The van der Waals surface area contributed by atoms with Crippen molar-refractivity contribution in [3.63, 3.8) is 0 Å². The van der Waals surface area contributed by atoms with Crippen LogP contribution in [0.15, 0.2) is 60.7 Å². The van der Waals surface area contributed by atoms with Gasteiger partial charge < -0.3 is 26.8 Å². The van der Waals surface area contributed by atoms with Gasteiger partial charge in [-0.25, -0.2) is 0 Å². The number of piperazine rings is 1. The maximum Gasteiger partial charge on any atom is 1.00 e. The number of rotatable bonds is 4. The Kier molecular flexibility index (Phi) is 6.55. The number of amides is 3. The van der Waals surface area contributed by atoms with Crippen LogP contribution >= 0.6 is 0 Å². The highest BCUT2D eigenvalue weighted by molar-refractivity contribution is 6.25. The quantitative estimate of drug-likeness (QED) is 0.445. The predicted octanol–water partition coefficient (Wildman–Crippen LogP) is -0.463. The third-order valence-electron chi connectivity index (χ3n) is 6.96. The number of carbonyl (C=O) groups excluding carboxylic acids is 3. The Bertz CT molecular complexity index is 1290. The number of benzene rings is 3. The topological polar surface area (TPSA) is 79.4 Å². The van der Waals surface area contributed by atoms with E-state index in [4.69, 9.17) is 9.47 Å². The summed E-state index contributed by atoms with van der Waals surface area (Å²) >= 11 is 0. The molecule has 3 heterocycles. The van der Waals surface area contributed by atoms with E-state index in [1.807, 2.05) is 42.5 Å². The van der Waals surface area contributed by atoms with Crippen molar-refractivity contribution in [3.05, 3.63) is 71.8 Å². The predicted molar refractivity (Wildman–Crippen MR) is 130 cm³/mol. The van der Waals surface area contributed by atoms with Crippen LogP contribution < -0.4 is 21.9 Å². The second-order valence-electron chi connectivity index (χ2n) is 9.00. The summed E-state index contributed by atoms with van der Waals surface area (Å²) < 4.78 is 11.6. The minimum atomic E-state index is -0.650. The molecule has 0 N–H and O–H groups in total. The highest BCUT2D eigenvalue weighted by atomic mass is 35.5. The lowest BCUT2D eigenvalue weighted by atomic mass is 9.94. The van der Waals surface area contributed by atoms with Crippen molar-refractivity contribution in [1.29, 1.82) is 0 Å². The van der Waals surface area contributed by atoms with Gasteiger partial charge in [0.05, 0.1) is 0 Å². The second kappa shape index (κ2) is 9.79. The van der Waals surface area contributed by atoms with Gasteiger partial charge in [-0.05, 0) is 29.7 Å².